The molecule has 1 aliphatic rings. The van der Waals surface area contributed by atoms with Gasteiger partial charge in [-0.15, -0.1) is 0 Å². The van der Waals surface area contributed by atoms with Crippen LogP contribution in [0.15, 0.2) is 24.3 Å². The highest BCUT2D eigenvalue weighted by molar-refractivity contribution is 7.85. The van der Waals surface area contributed by atoms with Gasteiger partial charge in [-0.25, -0.2) is 0 Å². The summed E-state index contributed by atoms with van der Waals surface area (Å²) in [6.45, 7) is 4.39. The molecule has 0 bridgehead atoms. The van der Waals surface area contributed by atoms with Crippen LogP contribution in [0, 0.1) is 0 Å². The van der Waals surface area contributed by atoms with E-state index < -0.39 is 10.8 Å². The Balaban J connectivity index is 1.90. The normalized spacial score (nSPS) is 25.9. The molecule has 0 saturated carbocycles. The van der Waals surface area contributed by atoms with Crippen molar-refractivity contribution in [1.82, 2.24) is 5.32 Å². The zero-order valence-electron chi connectivity index (χ0n) is 11.3. The van der Waals surface area contributed by atoms with Gasteiger partial charge in [0.15, 0.2) is 0 Å². The Morgan fingerprint density at radius 3 is 2.44 bits per heavy atom. The molecule has 0 aromatic heterocycles. The number of benzene rings is 1. The lowest BCUT2D eigenvalue weighted by Crippen LogP contribution is -2.37. The predicted octanol–water partition coefficient (Wildman–Crippen LogP) is 2.81. The van der Waals surface area contributed by atoms with Crippen molar-refractivity contribution in [1.29, 1.82) is 0 Å². The summed E-state index contributed by atoms with van der Waals surface area (Å²) in [4.78, 5) is 0. The zero-order valence-corrected chi connectivity index (χ0v) is 12.1. The topological polar surface area (TPSA) is 29.1 Å². The van der Waals surface area contributed by atoms with Crippen LogP contribution in [0.2, 0.25) is 0 Å². The molecular weight excluding hydrogens is 242 g/mol. The second-order valence-electron chi connectivity index (χ2n) is 5.11. The average Bonchev–Trinajstić information content (AvgIpc) is 2.41. The van der Waals surface area contributed by atoms with E-state index in [2.05, 4.69) is 43.4 Å². The van der Waals surface area contributed by atoms with E-state index in [1.165, 1.54) is 11.1 Å². The minimum Gasteiger partial charge on any atom is -0.307 e. The Kier molecular flexibility index (Phi) is 4.95. The third kappa shape index (κ3) is 3.66. The van der Waals surface area contributed by atoms with Gasteiger partial charge in [-0.05, 0) is 37.3 Å². The van der Waals surface area contributed by atoms with E-state index in [4.69, 9.17) is 0 Å². The van der Waals surface area contributed by atoms with Crippen LogP contribution in [0.5, 0.6) is 0 Å². The molecule has 0 spiro atoms. The molecule has 2 nitrogen and oxygen atoms in total. The van der Waals surface area contributed by atoms with E-state index in [1.807, 2.05) is 0 Å². The van der Waals surface area contributed by atoms with E-state index >= 15 is 0 Å². The molecule has 1 N–H and O–H groups in total. The molecule has 1 fully saturated rings. The SMILES string of the molecule is CCc1ccc(C(C)NC2CCS(=O)CC2)cc1. The van der Waals surface area contributed by atoms with E-state index in [0.717, 1.165) is 30.8 Å². The van der Waals surface area contributed by atoms with Gasteiger partial charge in [-0.3, -0.25) is 4.21 Å². The van der Waals surface area contributed by atoms with Crippen molar-refractivity contribution in [3.05, 3.63) is 35.4 Å². The van der Waals surface area contributed by atoms with Crippen LogP contribution in [0.1, 0.15) is 43.9 Å². The van der Waals surface area contributed by atoms with Gasteiger partial charge in [0.05, 0.1) is 0 Å². The lowest BCUT2D eigenvalue weighted by Gasteiger charge is -2.26. The first-order valence-corrected chi connectivity index (χ1v) is 8.37. The molecular formula is C15H23NOS. The maximum absolute atomic E-state index is 11.3. The molecule has 3 heteroatoms. The van der Waals surface area contributed by atoms with Gasteiger partial charge in [-0.1, -0.05) is 31.2 Å². The Morgan fingerprint density at radius 2 is 1.89 bits per heavy atom. The highest BCUT2D eigenvalue weighted by Gasteiger charge is 2.19. The summed E-state index contributed by atoms with van der Waals surface area (Å²) in [7, 11) is -0.565. The highest BCUT2D eigenvalue weighted by atomic mass is 32.2. The summed E-state index contributed by atoms with van der Waals surface area (Å²) >= 11 is 0. The fourth-order valence-corrected chi connectivity index (χ4v) is 3.75. The Hall–Kier alpha value is -0.670. The summed E-state index contributed by atoms with van der Waals surface area (Å²) in [5.41, 5.74) is 2.73. The lowest BCUT2D eigenvalue weighted by atomic mass is 10.0. The molecule has 1 heterocycles. The van der Waals surface area contributed by atoms with Crippen molar-refractivity contribution in [3.8, 4) is 0 Å². The Labute approximate surface area is 113 Å². The molecule has 1 saturated heterocycles. The van der Waals surface area contributed by atoms with Crippen molar-refractivity contribution in [2.24, 2.45) is 0 Å². The van der Waals surface area contributed by atoms with Crippen LogP contribution >= 0.6 is 0 Å². The van der Waals surface area contributed by atoms with Crippen molar-refractivity contribution in [2.45, 2.75) is 45.2 Å². The fraction of sp³-hybridized carbons (Fsp3) is 0.600. The maximum atomic E-state index is 11.3. The van der Waals surface area contributed by atoms with Gasteiger partial charge in [-0.2, -0.15) is 0 Å². The Morgan fingerprint density at radius 1 is 1.28 bits per heavy atom. The fourth-order valence-electron chi connectivity index (χ4n) is 2.45. The third-order valence-corrected chi connectivity index (χ3v) is 5.14. The molecule has 0 radical (unpaired) electrons. The summed E-state index contributed by atoms with van der Waals surface area (Å²) in [5.74, 6) is 1.72. The minimum atomic E-state index is -0.565. The van der Waals surface area contributed by atoms with Gasteiger partial charge in [0.25, 0.3) is 0 Å². The van der Waals surface area contributed by atoms with Gasteiger partial charge < -0.3 is 5.32 Å². The molecule has 1 aromatic rings. The molecule has 1 unspecified atom stereocenters. The third-order valence-electron chi connectivity index (χ3n) is 3.76. The second kappa shape index (κ2) is 6.48. The van der Waals surface area contributed by atoms with Crippen LogP contribution in [-0.2, 0) is 17.2 Å². The smallest absolute Gasteiger partial charge is 0.0294 e. The lowest BCUT2D eigenvalue weighted by molar-refractivity contribution is 0.427. The minimum absolute atomic E-state index is 0.382. The molecule has 1 aliphatic heterocycles. The molecule has 18 heavy (non-hydrogen) atoms. The van der Waals surface area contributed by atoms with Crippen LogP contribution < -0.4 is 5.32 Å². The van der Waals surface area contributed by atoms with Crippen LogP contribution in [-0.4, -0.2) is 21.8 Å². The first-order chi connectivity index (χ1) is 8.69. The van der Waals surface area contributed by atoms with Crippen LogP contribution in [0.3, 0.4) is 0 Å². The molecule has 1 atom stereocenters. The van der Waals surface area contributed by atoms with Crippen molar-refractivity contribution >= 4 is 10.8 Å². The first kappa shape index (κ1) is 13.8. The van der Waals surface area contributed by atoms with E-state index in [1.54, 1.807) is 0 Å². The summed E-state index contributed by atoms with van der Waals surface area (Å²) in [6.07, 6.45) is 3.19. The maximum Gasteiger partial charge on any atom is 0.0294 e. The van der Waals surface area contributed by atoms with Crippen molar-refractivity contribution < 1.29 is 4.21 Å². The number of rotatable bonds is 4. The number of nitrogens with one attached hydrogen (secondary N) is 1. The first-order valence-electron chi connectivity index (χ1n) is 6.89. The average molecular weight is 265 g/mol. The number of hydrogen-bond acceptors (Lipinski definition) is 2. The quantitative estimate of drug-likeness (QED) is 0.907. The number of hydrogen-bond donors (Lipinski definition) is 1. The van der Waals surface area contributed by atoms with Crippen molar-refractivity contribution in [2.75, 3.05) is 11.5 Å². The molecule has 0 amide bonds. The summed E-state index contributed by atoms with van der Waals surface area (Å²) in [6, 6.07) is 9.78. The monoisotopic (exact) mass is 265 g/mol. The molecule has 1 aromatic carbocycles. The Bertz CT molecular complexity index is 391. The van der Waals surface area contributed by atoms with E-state index in [9.17, 15) is 4.21 Å². The second-order valence-corrected chi connectivity index (χ2v) is 6.80. The van der Waals surface area contributed by atoms with Crippen LogP contribution in [0.25, 0.3) is 0 Å². The van der Waals surface area contributed by atoms with Crippen molar-refractivity contribution in [3.63, 3.8) is 0 Å². The zero-order chi connectivity index (χ0) is 13.0. The van der Waals surface area contributed by atoms with Crippen LogP contribution in [0.4, 0.5) is 0 Å². The molecule has 2 rings (SSSR count). The van der Waals surface area contributed by atoms with Gasteiger partial charge >= 0.3 is 0 Å². The number of aryl methyl sites for hydroxylation is 1. The summed E-state index contributed by atoms with van der Waals surface area (Å²) < 4.78 is 11.3. The highest BCUT2D eigenvalue weighted by Crippen LogP contribution is 2.18. The van der Waals surface area contributed by atoms with Gasteiger partial charge in [0, 0.05) is 34.4 Å². The van der Waals surface area contributed by atoms with Gasteiger partial charge in [0.2, 0.25) is 0 Å². The molecule has 100 valence electrons. The largest absolute Gasteiger partial charge is 0.307 e. The summed E-state index contributed by atoms with van der Waals surface area (Å²) in [5, 5.41) is 3.66. The van der Waals surface area contributed by atoms with Gasteiger partial charge in [0.1, 0.15) is 0 Å². The predicted molar refractivity (Wildman–Crippen MR) is 78.3 cm³/mol. The van der Waals surface area contributed by atoms with E-state index in [0.29, 0.717) is 12.1 Å². The van der Waals surface area contributed by atoms with E-state index in [-0.39, 0.29) is 0 Å². The molecule has 0 aliphatic carbocycles. The standard InChI is InChI=1S/C15H23NOS/c1-3-13-4-6-14(7-5-13)12(2)16-15-8-10-18(17)11-9-15/h4-7,12,15-16H,3,8-11H2,1-2H3.